The van der Waals surface area contributed by atoms with E-state index in [-0.39, 0.29) is 22.9 Å². The second-order valence-electron chi connectivity index (χ2n) is 7.25. The fourth-order valence-electron chi connectivity index (χ4n) is 3.53. The summed E-state index contributed by atoms with van der Waals surface area (Å²) in [5.41, 5.74) is 6.38. The Morgan fingerprint density at radius 1 is 1.18 bits per heavy atom. The van der Waals surface area contributed by atoms with Gasteiger partial charge in [-0.1, -0.05) is 53.5 Å². The Balaban J connectivity index is 1.48. The van der Waals surface area contributed by atoms with Crippen molar-refractivity contribution >= 4 is 57.9 Å². The quantitative estimate of drug-likeness (QED) is 0.285. The van der Waals surface area contributed by atoms with Crippen LogP contribution in [0.1, 0.15) is 34.4 Å². The summed E-state index contributed by atoms with van der Waals surface area (Å²) < 4.78 is 28.7. The minimum atomic E-state index is -2.65. The Bertz CT molecular complexity index is 1180. The molecule has 3 aromatic rings. The van der Waals surface area contributed by atoms with E-state index < -0.39 is 24.4 Å². The fourth-order valence-corrected chi connectivity index (χ4v) is 4.03. The molecule has 0 saturated carbocycles. The molecule has 1 aliphatic rings. The van der Waals surface area contributed by atoms with Crippen molar-refractivity contribution in [2.24, 2.45) is 0 Å². The van der Waals surface area contributed by atoms with Gasteiger partial charge in [-0.3, -0.25) is 15.6 Å². The van der Waals surface area contributed by atoms with E-state index in [0.29, 0.717) is 15.7 Å². The number of carbonyl (C=O) groups is 1. The molecule has 0 spiro atoms. The van der Waals surface area contributed by atoms with Gasteiger partial charge in [0.05, 0.1) is 22.9 Å². The van der Waals surface area contributed by atoms with Crippen molar-refractivity contribution in [2.75, 3.05) is 10.6 Å². The zero-order valence-corrected chi connectivity index (χ0v) is 19.2. The van der Waals surface area contributed by atoms with Crippen molar-refractivity contribution in [3.8, 4) is 0 Å². The lowest BCUT2D eigenvalue weighted by Crippen LogP contribution is -2.44. The van der Waals surface area contributed by atoms with Gasteiger partial charge in [0.25, 0.3) is 12.3 Å². The standard InChI is InChI=1S/C21H18Cl2F2N6OS/c22-12-6-7-14(23)16(8-12)28-21(33)30-29-20(32)13-10-26-31-17(18(24)25)9-15(27-19(13)31)11-4-2-1-3-5-11/h1-8,10,15,17-18,27H,9H2,(H,29,32)(H2,28,30,33)/t15-,17-/m1/s1. The molecule has 0 unspecified atom stereocenters. The average molecular weight is 511 g/mol. The summed E-state index contributed by atoms with van der Waals surface area (Å²) in [6.07, 6.45) is -1.28. The van der Waals surface area contributed by atoms with Crippen LogP contribution >= 0.6 is 35.4 Å². The number of aromatic nitrogens is 2. The molecule has 2 heterocycles. The van der Waals surface area contributed by atoms with Crippen LogP contribution in [0.5, 0.6) is 0 Å². The molecule has 12 heteroatoms. The number of amides is 1. The van der Waals surface area contributed by atoms with Crippen LogP contribution in [-0.4, -0.2) is 27.2 Å². The number of rotatable bonds is 4. The van der Waals surface area contributed by atoms with Gasteiger partial charge < -0.3 is 10.6 Å². The van der Waals surface area contributed by atoms with E-state index in [4.69, 9.17) is 35.4 Å². The van der Waals surface area contributed by atoms with E-state index in [1.807, 2.05) is 30.3 Å². The van der Waals surface area contributed by atoms with E-state index >= 15 is 0 Å². The van der Waals surface area contributed by atoms with Crippen molar-refractivity contribution in [3.63, 3.8) is 0 Å². The number of carbonyl (C=O) groups excluding carboxylic acids is 1. The van der Waals surface area contributed by atoms with E-state index in [1.54, 1.807) is 18.2 Å². The average Bonchev–Trinajstić information content (AvgIpc) is 3.24. The molecule has 4 rings (SSSR count). The van der Waals surface area contributed by atoms with Gasteiger partial charge in [-0.15, -0.1) is 0 Å². The number of benzene rings is 2. The van der Waals surface area contributed by atoms with Gasteiger partial charge in [0, 0.05) is 5.02 Å². The Kier molecular flexibility index (Phi) is 6.96. The van der Waals surface area contributed by atoms with Gasteiger partial charge in [-0.2, -0.15) is 5.10 Å². The second-order valence-corrected chi connectivity index (χ2v) is 8.51. The number of halogens is 4. The third-order valence-electron chi connectivity index (χ3n) is 5.10. The van der Waals surface area contributed by atoms with Crippen LogP contribution in [0.25, 0.3) is 0 Å². The van der Waals surface area contributed by atoms with Crippen molar-refractivity contribution in [3.05, 3.63) is 75.9 Å². The van der Waals surface area contributed by atoms with Crippen LogP contribution in [0.2, 0.25) is 10.0 Å². The first-order valence-corrected chi connectivity index (χ1v) is 11.0. The monoisotopic (exact) mass is 510 g/mol. The molecule has 2 atom stereocenters. The first-order chi connectivity index (χ1) is 15.8. The number of anilines is 2. The summed E-state index contributed by atoms with van der Waals surface area (Å²) in [6.45, 7) is 0. The summed E-state index contributed by atoms with van der Waals surface area (Å²) in [5.74, 6) is -0.400. The highest BCUT2D eigenvalue weighted by atomic mass is 35.5. The molecule has 1 aromatic heterocycles. The highest BCUT2D eigenvalue weighted by Crippen LogP contribution is 2.39. The molecular weight excluding hydrogens is 493 g/mol. The number of hydrogen-bond donors (Lipinski definition) is 4. The molecule has 0 bridgehead atoms. The third-order valence-corrected chi connectivity index (χ3v) is 5.87. The smallest absolute Gasteiger partial charge is 0.275 e. The van der Waals surface area contributed by atoms with Crippen LogP contribution in [0.3, 0.4) is 0 Å². The molecule has 0 fully saturated rings. The van der Waals surface area contributed by atoms with E-state index in [9.17, 15) is 13.6 Å². The number of nitrogens with one attached hydrogen (secondary N) is 4. The molecule has 4 N–H and O–H groups in total. The summed E-state index contributed by atoms with van der Waals surface area (Å²) in [5, 5.41) is 10.9. The van der Waals surface area contributed by atoms with Crippen molar-refractivity contribution < 1.29 is 13.6 Å². The number of hydrazine groups is 1. The summed E-state index contributed by atoms with van der Waals surface area (Å²) in [6, 6.07) is 12.4. The van der Waals surface area contributed by atoms with Gasteiger partial charge in [0.15, 0.2) is 5.11 Å². The summed E-state index contributed by atoms with van der Waals surface area (Å²) >= 11 is 17.2. The van der Waals surface area contributed by atoms with Gasteiger partial charge >= 0.3 is 0 Å². The molecule has 7 nitrogen and oxygen atoms in total. The lowest BCUT2D eigenvalue weighted by Gasteiger charge is -2.32. The minimum Gasteiger partial charge on any atom is -0.363 e. The topological polar surface area (TPSA) is 83.0 Å². The predicted octanol–water partition coefficient (Wildman–Crippen LogP) is 5.18. The molecule has 0 radical (unpaired) electrons. The molecule has 0 aliphatic carbocycles. The number of hydrogen-bond acceptors (Lipinski definition) is 4. The first kappa shape index (κ1) is 23.2. The Labute approximate surface area is 203 Å². The minimum absolute atomic E-state index is 0.0501. The van der Waals surface area contributed by atoms with Gasteiger partial charge in [-0.05, 0) is 42.4 Å². The molecule has 172 valence electrons. The highest BCUT2D eigenvalue weighted by molar-refractivity contribution is 7.80. The SMILES string of the molecule is O=C(NNC(=S)Nc1cc(Cl)ccc1Cl)c1cnn2c1N[C@@H](c1ccccc1)C[C@@H]2C(F)F. The maximum atomic E-state index is 13.8. The fraction of sp³-hybridized carbons (Fsp3) is 0.190. The van der Waals surface area contributed by atoms with Gasteiger partial charge in [0.2, 0.25) is 0 Å². The largest absolute Gasteiger partial charge is 0.363 e. The van der Waals surface area contributed by atoms with Gasteiger partial charge in [0.1, 0.15) is 17.4 Å². The zero-order chi connectivity index (χ0) is 23.5. The number of alkyl halides is 2. The molecule has 1 aliphatic heterocycles. The number of fused-ring (bicyclic) bond motifs is 1. The normalized spacial score (nSPS) is 17.1. The van der Waals surface area contributed by atoms with E-state index in [2.05, 4.69) is 26.6 Å². The van der Waals surface area contributed by atoms with Gasteiger partial charge in [-0.25, -0.2) is 13.5 Å². The predicted molar refractivity (Wildman–Crippen MR) is 128 cm³/mol. The maximum Gasteiger partial charge on any atom is 0.275 e. The molecule has 1 amide bonds. The first-order valence-electron chi connectivity index (χ1n) is 9.83. The summed E-state index contributed by atoms with van der Waals surface area (Å²) in [4.78, 5) is 12.8. The lowest BCUT2D eigenvalue weighted by atomic mass is 9.97. The van der Waals surface area contributed by atoms with Crippen LogP contribution in [0, 0.1) is 0 Å². The van der Waals surface area contributed by atoms with E-state index in [0.717, 1.165) is 10.2 Å². The van der Waals surface area contributed by atoms with Crippen LogP contribution < -0.4 is 21.5 Å². The highest BCUT2D eigenvalue weighted by Gasteiger charge is 2.36. The molecule has 33 heavy (non-hydrogen) atoms. The Hall–Kier alpha value is -2.95. The van der Waals surface area contributed by atoms with Crippen molar-refractivity contribution in [1.29, 1.82) is 0 Å². The third kappa shape index (κ3) is 5.18. The van der Waals surface area contributed by atoms with Crippen molar-refractivity contribution in [1.82, 2.24) is 20.6 Å². The second kappa shape index (κ2) is 9.90. The molecule has 0 saturated heterocycles. The molecular formula is C21H18Cl2F2N6OS. The zero-order valence-electron chi connectivity index (χ0n) is 16.9. The van der Waals surface area contributed by atoms with Crippen LogP contribution in [-0.2, 0) is 0 Å². The molecule has 2 aromatic carbocycles. The maximum absolute atomic E-state index is 13.8. The van der Waals surface area contributed by atoms with Crippen molar-refractivity contribution in [2.45, 2.75) is 24.9 Å². The lowest BCUT2D eigenvalue weighted by molar-refractivity contribution is 0.0656. The number of thiocarbonyl (C=S) groups is 1. The van der Waals surface area contributed by atoms with Crippen LogP contribution in [0.4, 0.5) is 20.3 Å². The van der Waals surface area contributed by atoms with E-state index in [1.165, 1.54) is 6.20 Å². The summed E-state index contributed by atoms with van der Waals surface area (Å²) in [7, 11) is 0. The Morgan fingerprint density at radius 2 is 1.94 bits per heavy atom. The Morgan fingerprint density at radius 3 is 2.67 bits per heavy atom. The van der Waals surface area contributed by atoms with Crippen LogP contribution in [0.15, 0.2) is 54.7 Å². The number of nitrogens with zero attached hydrogens (tertiary/aromatic N) is 2.